The monoisotopic (exact) mass is 434 g/mol. The normalized spacial score (nSPS) is 12.1. The van der Waals surface area contributed by atoms with Gasteiger partial charge in [-0.1, -0.05) is 17.8 Å². The molecule has 0 bridgehead atoms. The number of hydrogen-bond acceptors (Lipinski definition) is 6. The van der Waals surface area contributed by atoms with Crippen LogP contribution in [0.3, 0.4) is 0 Å². The quantitative estimate of drug-likeness (QED) is 0.575. The number of carbonyl (C=O) groups is 2. The first-order chi connectivity index (χ1) is 14.2. The van der Waals surface area contributed by atoms with E-state index in [2.05, 4.69) is 25.7 Å². The summed E-state index contributed by atoms with van der Waals surface area (Å²) >= 11 is 1.38. The summed E-state index contributed by atoms with van der Waals surface area (Å²) in [6.07, 6.45) is 1.77. The van der Waals surface area contributed by atoms with Crippen molar-refractivity contribution in [3.05, 3.63) is 52.3 Å². The second-order valence-electron chi connectivity index (χ2n) is 6.54. The Morgan fingerprint density at radius 1 is 1.20 bits per heavy atom. The predicted molar refractivity (Wildman–Crippen MR) is 107 cm³/mol. The van der Waals surface area contributed by atoms with Gasteiger partial charge in [0.25, 0.3) is 5.78 Å². The number of rotatable bonds is 6. The van der Waals surface area contributed by atoms with Gasteiger partial charge >= 0.3 is 0 Å². The Labute approximate surface area is 175 Å². The van der Waals surface area contributed by atoms with Crippen LogP contribution >= 0.6 is 11.8 Å². The van der Waals surface area contributed by atoms with Gasteiger partial charge < -0.3 is 10.6 Å². The summed E-state index contributed by atoms with van der Waals surface area (Å²) in [5.41, 5.74) is 2.08. The largest absolute Gasteiger partial charge is 0.357 e. The summed E-state index contributed by atoms with van der Waals surface area (Å²) in [5, 5.41) is 9.90. The number of nitrogens with one attached hydrogen (secondary N) is 2. The molecule has 8 nitrogen and oxygen atoms in total. The fourth-order valence-corrected chi connectivity index (χ4v) is 3.38. The Kier molecular flexibility index (Phi) is 6.30. The fourth-order valence-electron chi connectivity index (χ4n) is 3.04. The number of carbonyl (C=O) groups excluding carboxylic acids is 2. The highest BCUT2D eigenvalue weighted by molar-refractivity contribution is 7.98. The maximum atomic E-state index is 13.6. The van der Waals surface area contributed by atoms with Crippen LogP contribution in [0.4, 0.5) is 8.78 Å². The van der Waals surface area contributed by atoms with Gasteiger partial charge in [0.2, 0.25) is 17.0 Å². The number of fused-ring (bicyclic) bond motifs is 1. The molecule has 0 saturated carbocycles. The molecule has 158 valence electrons. The Balaban J connectivity index is 1.88. The van der Waals surface area contributed by atoms with Crippen LogP contribution in [0.5, 0.6) is 0 Å². The Morgan fingerprint density at radius 3 is 2.57 bits per heavy atom. The minimum absolute atomic E-state index is 0.0771. The van der Waals surface area contributed by atoms with Gasteiger partial charge in [-0.2, -0.15) is 4.98 Å². The molecule has 3 aromatic rings. The Bertz CT molecular complexity index is 1130. The summed E-state index contributed by atoms with van der Waals surface area (Å²) in [4.78, 5) is 33.7. The van der Waals surface area contributed by atoms with E-state index in [4.69, 9.17) is 0 Å². The SMILES string of the molecule is CNC(=O)C(NC(=O)Cc1c(C)nc2nc(SC)nn2c1C)c1ccc(F)c(F)c1. The van der Waals surface area contributed by atoms with Gasteiger partial charge in [0.15, 0.2) is 11.6 Å². The summed E-state index contributed by atoms with van der Waals surface area (Å²) in [7, 11) is 1.39. The zero-order valence-electron chi connectivity index (χ0n) is 16.8. The van der Waals surface area contributed by atoms with Gasteiger partial charge in [-0.3, -0.25) is 9.59 Å². The second kappa shape index (κ2) is 8.74. The highest BCUT2D eigenvalue weighted by Gasteiger charge is 2.24. The molecule has 30 heavy (non-hydrogen) atoms. The van der Waals surface area contributed by atoms with Crippen molar-refractivity contribution in [1.82, 2.24) is 30.2 Å². The molecule has 3 rings (SSSR count). The smallest absolute Gasteiger partial charge is 0.253 e. The molecule has 11 heteroatoms. The predicted octanol–water partition coefficient (Wildman–Crippen LogP) is 1.89. The molecule has 2 N–H and O–H groups in total. The first-order valence-electron chi connectivity index (χ1n) is 8.97. The third-order valence-corrected chi connectivity index (χ3v) is 5.18. The molecule has 2 amide bonds. The van der Waals surface area contributed by atoms with Crippen LogP contribution in [0, 0.1) is 25.5 Å². The van der Waals surface area contributed by atoms with Crippen molar-refractivity contribution in [3.63, 3.8) is 0 Å². The molecule has 2 heterocycles. The zero-order valence-corrected chi connectivity index (χ0v) is 17.6. The number of aromatic nitrogens is 4. The molecule has 0 spiro atoms. The first kappa shape index (κ1) is 21.6. The van der Waals surface area contributed by atoms with Gasteiger partial charge in [0, 0.05) is 24.0 Å². The molecule has 1 unspecified atom stereocenters. The summed E-state index contributed by atoms with van der Waals surface area (Å²) in [6.45, 7) is 3.56. The van der Waals surface area contributed by atoms with Crippen molar-refractivity contribution in [2.45, 2.75) is 31.5 Å². The second-order valence-corrected chi connectivity index (χ2v) is 7.31. The molecule has 1 aromatic carbocycles. The van der Waals surface area contributed by atoms with E-state index in [1.54, 1.807) is 18.4 Å². The van der Waals surface area contributed by atoms with E-state index in [9.17, 15) is 18.4 Å². The molecule has 0 radical (unpaired) electrons. The van der Waals surface area contributed by atoms with Crippen molar-refractivity contribution in [2.24, 2.45) is 0 Å². The van der Waals surface area contributed by atoms with E-state index in [1.165, 1.54) is 24.9 Å². The average Bonchev–Trinajstić information content (AvgIpc) is 3.14. The van der Waals surface area contributed by atoms with Crippen molar-refractivity contribution in [1.29, 1.82) is 0 Å². The Hall–Kier alpha value is -3.08. The van der Waals surface area contributed by atoms with E-state index in [1.807, 2.05) is 6.26 Å². The summed E-state index contributed by atoms with van der Waals surface area (Å²) < 4.78 is 28.4. The van der Waals surface area contributed by atoms with Crippen molar-refractivity contribution >= 4 is 29.4 Å². The third kappa shape index (κ3) is 4.25. The van der Waals surface area contributed by atoms with E-state index in [0.29, 0.717) is 27.9 Å². The topological polar surface area (TPSA) is 101 Å². The van der Waals surface area contributed by atoms with Gasteiger partial charge in [0.1, 0.15) is 6.04 Å². The molecule has 0 aliphatic rings. The van der Waals surface area contributed by atoms with Crippen molar-refractivity contribution < 1.29 is 18.4 Å². The van der Waals surface area contributed by atoms with Crippen LogP contribution in [0.15, 0.2) is 23.4 Å². The lowest BCUT2D eigenvalue weighted by Crippen LogP contribution is -2.40. The minimum atomic E-state index is -1.18. The molecule has 0 saturated heterocycles. The van der Waals surface area contributed by atoms with E-state index in [0.717, 1.165) is 12.1 Å². The van der Waals surface area contributed by atoms with Crippen LogP contribution < -0.4 is 10.6 Å². The average molecular weight is 434 g/mol. The minimum Gasteiger partial charge on any atom is -0.357 e. The van der Waals surface area contributed by atoms with Crippen molar-refractivity contribution in [2.75, 3.05) is 13.3 Å². The number of likely N-dealkylation sites (N-methyl/N-ethyl adjacent to an activating group) is 1. The van der Waals surface area contributed by atoms with Gasteiger partial charge in [-0.25, -0.2) is 18.3 Å². The van der Waals surface area contributed by atoms with E-state index in [-0.39, 0.29) is 12.0 Å². The standard InChI is InChI=1S/C19H20F2N6O2S/c1-9-12(10(2)27-18(23-9)25-19(26-27)30-4)8-15(28)24-16(17(29)22-3)11-5-6-13(20)14(21)7-11/h5-7,16H,8H2,1-4H3,(H,22,29)(H,24,28). The summed E-state index contributed by atoms with van der Waals surface area (Å²) in [6, 6.07) is 1.87. The van der Waals surface area contributed by atoms with Gasteiger partial charge in [-0.05, 0) is 37.8 Å². The first-order valence-corrected chi connectivity index (χ1v) is 10.2. The third-order valence-electron chi connectivity index (χ3n) is 4.64. The van der Waals surface area contributed by atoms with Gasteiger partial charge in [0.05, 0.1) is 6.42 Å². The van der Waals surface area contributed by atoms with Crippen LogP contribution in [0.25, 0.3) is 5.78 Å². The fraction of sp³-hybridized carbons (Fsp3) is 0.316. The lowest BCUT2D eigenvalue weighted by Gasteiger charge is -2.19. The number of amides is 2. The molecular weight excluding hydrogens is 414 g/mol. The maximum Gasteiger partial charge on any atom is 0.253 e. The lowest BCUT2D eigenvalue weighted by molar-refractivity contribution is -0.128. The van der Waals surface area contributed by atoms with Crippen LogP contribution in [-0.2, 0) is 16.0 Å². The molecule has 0 fully saturated rings. The van der Waals surface area contributed by atoms with Crippen LogP contribution in [-0.4, -0.2) is 44.7 Å². The van der Waals surface area contributed by atoms with Crippen molar-refractivity contribution in [3.8, 4) is 0 Å². The zero-order chi connectivity index (χ0) is 22.0. The van der Waals surface area contributed by atoms with Gasteiger partial charge in [-0.15, -0.1) is 5.10 Å². The Morgan fingerprint density at radius 2 is 1.93 bits per heavy atom. The van der Waals surface area contributed by atoms with E-state index >= 15 is 0 Å². The number of benzene rings is 1. The molecule has 1 atom stereocenters. The molecular formula is C19H20F2N6O2S. The summed E-state index contributed by atoms with van der Waals surface area (Å²) in [5.74, 6) is -2.75. The van der Waals surface area contributed by atoms with Crippen LogP contribution in [0.1, 0.15) is 28.6 Å². The lowest BCUT2D eigenvalue weighted by atomic mass is 10.0. The number of thioether (sulfide) groups is 1. The van der Waals surface area contributed by atoms with Crippen LogP contribution in [0.2, 0.25) is 0 Å². The number of halogens is 2. The highest BCUT2D eigenvalue weighted by atomic mass is 32.2. The molecule has 2 aromatic heterocycles. The number of hydrogen-bond donors (Lipinski definition) is 2. The highest BCUT2D eigenvalue weighted by Crippen LogP contribution is 2.19. The van der Waals surface area contributed by atoms with E-state index < -0.39 is 29.5 Å². The number of nitrogens with zero attached hydrogens (tertiary/aromatic N) is 4. The number of aryl methyl sites for hydroxylation is 2. The molecule has 0 aliphatic heterocycles. The maximum absolute atomic E-state index is 13.6. The molecule has 0 aliphatic carbocycles.